The molecule has 0 saturated carbocycles. The van der Waals surface area contributed by atoms with Crippen molar-refractivity contribution in [2.75, 3.05) is 39.1 Å². The van der Waals surface area contributed by atoms with Crippen LogP contribution in [-0.2, 0) is 6.54 Å². The standard InChI is InChI=1S/C26H36BrN7O2/c1-4-12-34-23(33(2)32-24(34)18-8-10-28-11-9-18)17-29-22-7-5-6-19(14-22)25(35)30-15-20-13-21(27)16-31-26(20)36-3/h5-7,10,13-14,16,18,23-24,29,32H,4,8-9,11-12,15,17H2,1-3H3,(H,30,35). The first-order valence-electron chi connectivity index (χ1n) is 12.5. The highest BCUT2D eigenvalue weighted by molar-refractivity contribution is 9.10. The predicted octanol–water partition coefficient (Wildman–Crippen LogP) is 3.49. The van der Waals surface area contributed by atoms with E-state index in [1.807, 2.05) is 30.3 Å². The van der Waals surface area contributed by atoms with Gasteiger partial charge in [0.2, 0.25) is 5.88 Å². The Labute approximate surface area is 221 Å². The van der Waals surface area contributed by atoms with E-state index in [0.29, 0.717) is 30.1 Å². The van der Waals surface area contributed by atoms with Gasteiger partial charge in [-0.2, -0.15) is 0 Å². The fourth-order valence-corrected chi connectivity index (χ4v) is 5.31. The van der Waals surface area contributed by atoms with E-state index in [1.54, 1.807) is 13.3 Å². The first-order chi connectivity index (χ1) is 17.5. The second-order valence-electron chi connectivity index (χ2n) is 9.24. The number of anilines is 1. The number of benzene rings is 1. The number of methoxy groups -OCH3 is 1. The maximum absolute atomic E-state index is 12.9. The molecule has 0 radical (unpaired) electrons. The molecule has 2 aliphatic rings. The summed E-state index contributed by atoms with van der Waals surface area (Å²) in [6, 6.07) is 9.52. The molecule has 4 rings (SSSR count). The average molecular weight is 559 g/mol. The number of carbonyl (C=O) groups excluding carboxylic acids is 1. The lowest BCUT2D eigenvalue weighted by Gasteiger charge is -2.33. The van der Waals surface area contributed by atoms with Crippen LogP contribution in [0.1, 0.15) is 42.1 Å². The Morgan fingerprint density at radius 3 is 2.94 bits per heavy atom. The Bertz CT molecular complexity index is 1070. The molecule has 0 spiro atoms. The summed E-state index contributed by atoms with van der Waals surface area (Å²) in [5, 5.41) is 8.75. The van der Waals surface area contributed by atoms with Gasteiger partial charge >= 0.3 is 0 Å². The molecule has 2 aliphatic heterocycles. The first-order valence-corrected chi connectivity index (χ1v) is 13.3. The van der Waals surface area contributed by atoms with Crippen molar-refractivity contribution < 1.29 is 9.53 Å². The summed E-state index contributed by atoms with van der Waals surface area (Å²) in [7, 11) is 3.68. The summed E-state index contributed by atoms with van der Waals surface area (Å²) in [5.41, 5.74) is 6.02. The summed E-state index contributed by atoms with van der Waals surface area (Å²) >= 11 is 3.42. The molecule has 2 aromatic rings. The van der Waals surface area contributed by atoms with Gasteiger partial charge in [0.1, 0.15) is 0 Å². The predicted molar refractivity (Wildman–Crippen MR) is 146 cm³/mol. The number of rotatable bonds is 10. The number of amides is 1. The molecule has 1 fully saturated rings. The molecule has 1 aromatic carbocycles. The molecule has 1 saturated heterocycles. The second kappa shape index (κ2) is 12.6. The minimum atomic E-state index is -0.146. The third kappa shape index (κ3) is 6.42. The Hall–Kier alpha value is -2.53. The zero-order valence-electron chi connectivity index (χ0n) is 21.2. The molecule has 10 heteroatoms. The highest BCUT2D eigenvalue weighted by atomic mass is 79.9. The van der Waals surface area contributed by atoms with Gasteiger partial charge in [-0.3, -0.25) is 14.7 Å². The van der Waals surface area contributed by atoms with Gasteiger partial charge in [0, 0.05) is 60.7 Å². The third-order valence-corrected chi connectivity index (χ3v) is 7.19. The molecule has 9 nitrogen and oxygen atoms in total. The zero-order valence-corrected chi connectivity index (χ0v) is 22.8. The molecule has 3 heterocycles. The molecule has 194 valence electrons. The number of aliphatic imine (C=N–C) groups is 1. The maximum atomic E-state index is 12.9. The lowest BCUT2D eigenvalue weighted by molar-refractivity contribution is 0.0950. The number of aromatic nitrogens is 1. The Morgan fingerprint density at radius 1 is 1.33 bits per heavy atom. The summed E-state index contributed by atoms with van der Waals surface area (Å²) in [5.74, 6) is 0.915. The molecule has 3 unspecified atom stereocenters. The van der Waals surface area contributed by atoms with E-state index in [4.69, 9.17) is 4.74 Å². The summed E-state index contributed by atoms with van der Waals surface area (Å²) in [6.07, 6.45) is 7.50. The lowest BCUT2D eigenvalue weighted by atomic mass is 9.95. The smallest absolute Gasteiger partial charge is 0.251 e. The van der Waals surface area contributed by atoms with Crippen LogP contribution in [0.15, 0.2) is 46.0 Å². The van der Waals surface area contributed by atoms with Crippen molar-refractivity contribution in [2.24, 2.45) is 10.9 Å². The normalized spacial score (nSPS) is 22.5. The van der Waals surface area contributed by atoms with Crippen molar-refractivity contribution in [3.8, 4) is 5.88 Å². The Kier molecular flexibility index (Phi) is 9.30. The van der Waals surface area contributed by atoms with Gasteiger partial charge in [-0.05, 0) is 71.6 Å². The summed E-state index contributed by atoms with van der Waals surface area (Å²) in [6.45, 7) is 5.23. The molecule has 36 heavy (non-hydrogen) atoms. The monoisotopic (exact) mass is 557 g/mol. The minimum absolute atomic E-state index is 0.146. The van der Waals surface area contributed by atoms with Crippen LogP contribution in [-0.4, -0.2) is 73.1 Å². The maximum Gasteiger partial charge on any atom is 0.251 e. The molecule has 1 amide bonds. The second-order valence-corrected chi connectivity index (χ2v) is 10.2. The van der Waals surface area contributed by atoms with E-state index in [-0.39, 0.29) is 12.1 Å². The van der Waals surface area contributed by atoms with Gasteiger partial charge in [0.25, 0.3) is 5.91 Å². The van der Waals surface area contributed by atoms with Crippen LogP contribution in [0.25, 0.3) is 0 Å². The van der Waals surface area contributed by atoms with E-state index in [9.17, 15) is 4.79 Å². The van der Waals surface area contributed by atoms with E-state index in [1.165, 1.54) is 0 Å². The number of hydrogen-bond acceptors (Lipinski definition) is 8. The number of nitrogens with one attached hydrogen (secondary N) is 3. The lowest BCUT2D eigenvalue weighted by Crippen LogP contribution is -2.47. The Balaban J connectivity index is 1.37. The number of hydrazine groups is 1. The largest absolute Gasteiger partial charge is 0.481 e. The number of hydrogen-bond donors (Lipinski definition) is 3. The molecule has 0 aliphatic carbocycles. The van der Waals surface area contributed by atoms with E-state index < -0.39 is 0 Å². The van der Waals surface area contributed by atoms with Gasteiger partial charge in [-0.25, -0.2) is 15.4 Å². The van der Waals surface area contributed by atoms with Crippen molar-refractivity contribution in [2.45, 2.75) is 45.1 Å². The van der Waals surface area contributed by atoms with Crippen molar-refractivity contribution in [3.63, 3.8) is 0 Å². The van der Waals surface area contributed by atoms with Gasteiger partial charge in [0.15, 0.2) is 0 Å². The van der Waals surface area contributed by atoms with E-state index in [0.717, 1.165) is 54.6 Å². The van der Waals surface area contributed by atoms with Gasteiger partial charge in [0.05, 0.1) is 19.4 Å². The fraction of sp³-hybridized carbons (Fsp3) is 0.500. The van der Waals surface area contributed by atoms with Gasteiger partial charge < -0.3 is 15.4 Å². The first kappa shape index (κ1) is 26.5. The highest BCUT2D eigenvalue weighted by Crippen LogP contribution is 2.27. The van der Waals surface area contributed by atoms with Crippen molar-refractivity contribution in [3.05, 3.63) is 52.1 Å². The molecule has 3 atom stereocenters. The number of pyridine rings is 1. The van der Waals surface area contributed by atoms with Crippen LogP contribution < -0.4 is 20.8 Å². The van der Waals surface area contributed by atoms with Crippen LogP contribution in [0.5, 0.6) is 5.88 Å². The third-order valence-electron chi connectivity index (χ3n) is 6.76. The van der Waals surface area contributed by atoms with Gasteiger partial charge in [-0.15, -0.1) is 0 Å². The fourth-order valence-electron chi connectivity index (χ4n) is 4.94. The highest BCUT2D eigenvalue weighted by Gasteiger charge is 2.40. The van der Waals surface area contributed by atoms with Crippen molar-refractivity contribution in [1.29, 1.82) is 0 Å². The van der Waals surface area contributed by atoms with Crippen molar-refractivity contribution in [1.82, 2.24) is 25.6 Å². The van der Waals surface area contributed by atoms with E-state index in [2.05, 4.69) is 72.1 Å². The number of ether oxygens (including phenoxy) is 1. The minimum Gasteiger partial charge on any atom is -0.481 e. The van der Waals surface area contributed by atoms with Crippen LogP contribution in [0, 0.1) is 5.92 Å². The van der Waals surface area contributed by atoms with Crippen LogP contribution >= 0.6 is 15.9 Å². The van der Waals surface area contributed by atoms with Crippen LogP contribution in [0.3, 0.4) is 0 Å². The van der Waals surface area contributed by atoms with Crippen molar-refractivity contribution >= 4 is 33.7 Å². The van der Waals surface area contributed by atoms with Gasteiger partial charge in [-0.1, -0.05) is 13.0 Å². The molecule has 1 aromatic heterocycles. The number of nitrogens with zero attached hydrogens (tertiary/aromatic N) is 4. The van der Waals surface area contributed by atoms with Crippen LogP contribution in [0.2, 0.25) is 0 Å². The average Bonchev–Trinajstić information content (AvgIpc) is 3.21. The SMILES string of the molecule is CCCN1C(C2CC=NCC2)NN(C)C1CNc1cccc(C(=O)NCc2cc(Br)cnc2OC)c1. The molecular formula is C26H36BrN7O2. The summed E-state index contributed by atoms with van der Waals surface area (Å²) in [4.78, 5) is 24.1. The molecule has 3 N–H and O–H groups in total. The Morgan fingerprint density at radius 2 is 2.19 bits per heavy atom. The van der Waals surface area contributed by atoms with E-state index >= 15 is 0 Å². The number of likely N-dealkylation sites (N-methyl/N-ethyl adjacent to an activating group) is 1. The topological polar surface area (TPSA) is 94.1 Å². The summed E-state index contributed by atoms with van der Waals surface area (Å²) < 4.78 is 6.14. The quantitative estimate of drug-likeness (QED) is 0.411. The number of halogens is 1. The zero-order chi connectivity index (χ0) is 25.5. The van der Waals surface area contributed by atoms with Crippen LogP contribution in [0.4, 0.5) is 5.69 Å². The molecule has 0 bridgehead atoms. The number of carbonyl (C=O) groups is 1. The molecular weight excluding hydrogens is 522 g/mol.